The van der Waals surface area contributed by atoms with E-state index in [9.17, 15) is 27.9 Å². The minimum absolute atomic E-state index is 0.0415. The van der Waals surface area contributed by atoms with E-state index in [1.807, 2.05) is 13.0 Å². The number of halogens is 2. The molecule has 362 valence electrons. The molecule has 0 radical (unpaired) electrons. The van der Waals surface area contributed by atoms with Gasteiger partial charge in [0.25, 0.3) is 11.8 Å². The fourth-order valence-electron chi connectivity index (χ4n) is 9.76. The van der Waals surface area contributed by atoms with Crippen LogP contribution in [0.3, 0.4) is 0 Å². The van der Waals surface area contributed by atoms with E-state index in [-0.39, 0.29) is 36.0 Å². The van der Waals surface area contributed by atoms with Crippen molar-refractivity contribution in [1.82, 2.24) is 24.8 Å². The van der Waals surface area contributed by atoms with E-state index in [1.165, 1.54) is 14.0 Å². The lowest BCUT2D eigenvalue weighted by molar-refractivity contribution is -0.219. The molecule has 0 spiro atoms. The highest BCUT2D eigenvalue weighted by atomic mass is 32.2. The van der Waals surface area contributed by atoms with Crippen LogP contribution in [0, 0.1) is 17.8 Å². The molecule has 2 saturated carbocycles. The average molecular weight is 952 g/mol. The van der Waals surface area contributed by atoms with E-state index >= 15 is 13.6 Å². The first-order valence-corrected chi connectivity index (χ1v) is 24.4. The number of aromatic nitrogens is 1. The van der Waals surface area contributed by atoms with Gasteiger partial charge in [0.1, 0.15) is 36.6 Å². The summed E-state index contributed by atoms with van der Waals surface area (Å²) in [5.41, 5.74) is -3.77. The number of carboxylic acid groups (broad SMARTS) is 1. The third kappa shape index (κ3) is 8.60. The number of benzene rings is 2. The molecule has 3 N–H and O–H groups in total. The van der Waals surface area contributed by atoms with Gasteiger partial charge in [-0.05, 0) is 125 Å². The molecule has 3 fully saturated rings. The van der Waals surface area contributed by atoms with Gasteiger partial charge in [-0.15, -0.1) is 0 Å². The van der Waals surface area contributed by atoms with Crippen molar-refractivity contribution in [3.8, 4) is 34.4 Å². The third-order valence-electron chi connectivity index (χ3n) is 14.5. The molecule has 8 atom stereocenters. The van der Waals surface area contributed by atoms with E-state index in [1.54, 1.807) is 69.3 Å². The van der Waals surface area contributed by atoms with Crippen LogP contribution in [0.5, 0.6) is 23.1 Å². The predicted molar refractivity (Wildman–Crippen MR) is 242 cm³/mol. The molecule has 0 bridgehead atoms. The highest BCUT2D eigenvalue weighted by molar-refractivity contribution is 7.91. The second kappa shape index (κ2) is 17.4. The fraction of sp³-hybridized carbons (Fsp3) is 0.562. The number of amides is 4. The molecule has 4 amide bonds. The number of methoxy groups -OCH3 is 1. The van der Waals surface area contributed by atoms with E-state index in [4.69, 9.17) is 23.9 Å². The van der Waals surface area contributed by atoms with Gasteiger partial charge in [0.05, 0.1) is 17.6 Å². The molecular weight excluding hydrogens is 893 g/mol. The molecule has 4 heterocycles. The summed E-state index contributed by atoms with van der Waals surface area (Å²) < 4.78 is 87.4. The molecule has 8 rings (SSSR count). The second-order valence-corrected chi connectivity index (χ2v) is 21.6. The van der Waals surface area contributed by atoms with Crippen LogP contribution in [-0.4, -0.2) is 113 Å². The number of fused-ring (bicyclic) bond motifs is 4. The van der Waals surface area contributed by atoms with Gasteiger partial charge in [-0.25, -0.2) is 18.2 Å². The number of rotatable bonds is 10. The number of carbonyl (C=O) groups is 4. The largest absolute Gasteiger partial charge is 0.497 e. The molecule has 1 aromatic heterocycles. The van der Waals surface area contributed by atoms with E-state index in [0.29, 0.717) is 78.2 Å². The maximum Gasteiger partial charge on any atom is 0.408 e. The van der Waals surface area contributed by atoms with Crippen LogP contribution in [0.15, 0.2) is 54.6 Å². The van der Waals surface area contributed by atoms with Crippen molar-refractivity contribution < 1.29 is 60.4 Å². The van der Waals surface area contributed by atoms with Crippen LogP contribution < -0.4 is 29.0 Å². The first-order valence-electron chi connectivity index (χ1n) is 22.9. The summed E-state index contributed by atoms with van der Waals surface area (Å²) in [6, 6.07) is 2.85. The Morgan fingerprint density at radius 1 is 1.06 bits per heavy atom. The SMILES string of the molecule is CCC(C)N(C(=O)O)[C@@H]1C(=O)N2[C@@H](C[C@@](C)(Oc3nc(-c4ccc5c(c4)OCCO5)cc4cc(OC)ccc34)C2(F)F)C(=O)N[C@]2(C(=O)NS(=O)(=O)C3(C)CC3)C[C@H]2/C=C\CC[C@@H](C)C[C@H]1C. The number of nitrogens with zero attached hydrogens (tertiary/aromatic N) is 3. The Morgan fingerprint density at radius 2 is 1.78 bits per heavy atom. The van der Waals surface area contributed by atoms with Gasteiger partial charge >= 0.3 is 12.1 Å². The second-order valence-electron chi connectivity index (χ2n) is 19.4. The van der Waals surface area contributed by atoms with Crippen molar-refractivity contribution >= 4 is 44.6 Å². The van der Waals surface area contributed by atoms with Crippen molar-refractivity contribution in [3.05, 3.63) is 54.6 Å². The van der Waals surface area contributed by atoms with Gasteiger partial charge in [0.15, 0.2) is 17.1 Å². The standard InChI is InChI=1S/C48H59F2N5O11S/c1-8-29(4)54(44(59)60)39-28(3)21-27(2)11-9-10-12-32-25-47(32,43(58)53-67(61,62)45(5)17-18-45)52-40(56)36-26-46(6,48(49,50)55(36)42(39)57)66-41-34-15-14-33(63-7)22-31(34)23-35(51-41)30-13-16-37-38(24-30)65-20-19-64-37/h10,12-16,22-24,27-29,32,36,39H,8-9,11,17-21,25-26H2,1-7H3,(H,52,56)(H,53,58)(H,59,60)/b12-10-/t27-,28-,29?,32-,36+,39+,46-,47-/m1/s1. The maximum absolute atomic E-state index is 18.1. The van der Waals surface area contributed by atoms with E-state index in [2.05, 4.69) is 10.0 Å². The summed E-state index contributed by atoms with van der Waals surface area (Å²) in [5.74, 6) is -4.00. The average Bonchev–Trinajstić information content (AvgIpc) is 4.20. The van der Waals surface area contributed by atoms with Gasteiger partial charge in [-0.2, -0.15) is 8.78 Å². The number of hydrogen-bond donors (Lipinski definition) is 3. The Morgan fingerprint density at radius 3 is 2.45 bits per heavy atom. The highest BCUT2D eigenvalue weighted by Crippen LogP contribution is 2.52. The zero-order valence-corrected chi connectivity index (χ0v) is 39.6. The maximum atomic E-state index is 18.1. The summed E-state index contributed by atoms with van der Waals surface area (Å²) in [5, 5.41) is 14.1. The number of nitrogens with one attached hydrogen (secondary N) is 2. The van der Waals surface area contributed by atoms with Crippen LogP contribution in [0.25, 0.3) is 22.0 Å². The zero-order chi connectivity index (χ0) is 48.4. The van der Waals surface area contributed by atoms with Crippen LogP contribution >= 0.6 is 0 Å². The first-order chi connectivity index (χ1) is 31.6. The lowest BCUT2D eigenvalue weighted by Crippen LogP contribution is -2.64. The number of alkyl halides is 2. The van der Waals surface area contributed by atoms with Gasteiger partial charge in [0.2, 0.25) is 21.8 Å². The Balaban J connectivity index is 1.25. The summed E-state index contributed by atoms with van der Waals surface area (Å²) in [6.07, 6.45) is 3.40. The number of hydrogen-bond acceptors (Lipinski definition) is 11. The van der Waals surface area contributed by atoms with Crippen LogP contribution in [0.2, 0.25) is 0 Å². The number of carbonyl (C=O) groups excluding carboxylic acids is 3. The van der Waals surface area contributed by atoms with Gasteiger partial charge < -0.3 is 29.4 Å². The van der Waals surface area contributed by atoms with Crippen molar-refractivity contribution in [1.29, 1.82) is 0 Å². The topological polar surface area (TPSA) is 203 Å². The molecule has 19 heteroatoms. The summed E-state index contributed by atoms with van der Waals surface area (Å²) in [6.45, 7) is 10.1. The van der Waals surface area contributed by atoms with Crippen molar-refractivity contribution in [2.24, 2.45) is 17.8 Å². The minimum atomic E-state index is -4.35. The number of allylic oxidation sites excluding steroid dienone is 1. The molecule has 5 aliphatic rings. The molecule has 2 aromatic carbocycles. The van der Waals surface area contributed by atoms with Gasteiger partial charge in [0, 0.05) is 29.3 Å². The Bertz CT molecular complexity index is 2630. The van der Waals surface area contributed by atoms with E-state index < -0.39 is 92.2 Å². The normalized spacial score (nSPS) is 29.7. The van der Waals surface area contributed by atoms with Crippen LogP contribution in [-0.2, 0) is 24.4 Å². The molecule has 3 aliphatic heterocycles. The molecule has 3 aromatic rings. The Hall–Kier alpha value is -5.72. The quantitative estimate of drug-likeness (QED) is 0.138. The van der Waals surface area contributed by atoms with E-state index in [0.717, 1.165) is 11.8 Å². The third-order valence-corrected chi connectivity index (χ3v) is 16.6. The predicted octanol–water partition coefficient (Wildman–Crippen LogP) is 7.05. The lowest BCUT2D eigenvalue weighted by atomic mass is 9.86. The molecule has 1 saturated heterocycles. The number of pyridine rings is 1. The summed E-state index contributed by atoms with van der Waals surface area (Å²) in [4.78, 5) is 63.5. The van der Waals surface area contributed by atoms with Gasteiger partial charge in [-0.1, -0.05) is 32.9 Å². The Kier molecular flexibility index (Phi) is 12.4. The summed E-state index contributed by atoms with van der Waals surface area (Å²) >= 11 is 0. The summed E-state index contributed by atoms with van der Waals surface area (Å²) in [7, 11) is -2.72. The highest BCUT2D eigenvalue weighted by Gasteiger charge is 2.71. The first kappa shape index (κ1) is 47.8. The number of ether oxygens (including phenoxy) is 4. The van der Waals surface area contributed by atoms with Gasteiger partial charge in [-0.3, -0.25) is 28.9 Å². The van der Waals surface area contributed by atoms with Crippen LogP contribution in [0.4, 0.5) is 13.6 Å². The lowest BCUT2D eigenvalue weighted by Gasteiger charge is -2.42. The fourth-order valence-corrected chi connectivity index (χ4v) is 11.1. The molecule has 1 unspecified atom stereocenters. The van der Waals surface area contributed by atoms with Crippen molar-refractivity contribution in [2.75, 3.05) is 20.3 Å². The molecule has 16 nitrogen and oxygen atoms in total. The zero-order valence-electron chi connectivity index (χ0n) is 38.8. The molecule has 67 heavy (non-hydrogen) atoms. The monoisotopic (exact) mass is 951 g/mol. The molecular formula is C48H59F2N5O11S. The minimum Gasteiger partial charge on any atom is -0.497 e. The smallest absolute Gasteiger partial charge is 0.408 e. The van der Waals surface area contributed by atoms with Crippen LogP contribution in [0.1, 0.15) is 92.9 Å². The van der Waals surface area contributed by atoms with Crippen molar-refractivity contribution in [2.45, 2.75) is 133 Å². The Labute approximate surface area is 388 Å². The number of sulfonamides is 1. The van der Waals surface area contributed by atoms with Crippen molar-refractivity contribution in [3.63, 3.8) is 0 Å². The molecule has 2 aliphatic carbocycles.